The van der Waals surface area contributed by atoms with Crippen LogP contribution in [0.15, 0.2) is 24.3 Å². The molecule has 0 spiro atoms. The van der Waals surface area contributed by atoms with Gasteiger partial charge in [-0.25, -0.2) is 0 Å². The third-order valence-electron chi connectivity index (χ3n) is 5.26. The Morgan fingerprint density at radius 2 is 2.04 bits per heavy atom. The number of anilines is 1. The van der Waals surface area contributed by atoms with Crippen LogP contribution in [0.4, 0.5) is 5.69 Å². The number of hydrogen-bond acceptors (Lipinski definition) is 2. The second-order valence-electron chi connectivity index (χ2n) is 8.72. The standard InChI is InChI=1S/C22H28N4O/c1-5-16-19(13-22(2,3)4)24-25-21(16)18-11-14-8-9-15(12-17(14)23-18)26-10-6-7-20(26)27/h8-9,11-12,23H,5-7,10,13H2,1-4H3,(H,24,25). The number of amides is 1. The second-order valence-corrected chi connectivity index (χ2v) is 8.72. The molecule has 1 fully saturated rings. The van der Waals surface area contributed by atoms with Gasteiger partial charge in [0.05, 0.1) is 5.69 Å². The molecule has 0 aliphatic carbocycles. The van der Waals surface area contributed by atoms with E-state index < -0.39 is 0 Å². The van der Waals surface area contributed by atoms with Gasteiger partial charge in [-0.3, -0.25) is 9.89 Å². The van der Waals surface area contributed by atoms with Crippen LogP contribution in [0.25, 0.3) is 22.3 Å². The highest BCUT2D eigenvalue weighted by molar-refractivity contribution is 5.98. The monoisotopic (exact) mass is 364 g/mol. The lowest BCUT2D eigenvalue weighted by Gasteiger charge is -2.17. The molecule has 3 heterocycles. The predicted molar refractivity (Wildman–Crippen MR) is 110 cm³/mol. The zero-order chi connectivity index (χ0) is 19.2. The number of rotatable bonds is 4. The Hall–Kier alpha value is -2.56. The van der Waals surface area contributed by atoms with Gasteiger partial charge < -0.3 is 9.88 Å². The number of carbonyl (C=O) groups is 1. The Morgan fingerprint density at radius 1 is 1.22 bits per heavy atom. The predicted octanol–water partition coefficient (Wildman–Crippen LogP) is 4.84. The Morgan fingerprint density at radius 3 is 2.70 bits per heavy atom. The van der Waals surface area contributed by atoms with Crippen molar-refractivity contribution in [2.24, 2.45) is 5.41 Å². The number of carbonyl (C=O) groups excluding carboxylic acids is 1. The molecule has 1 aliphatic heterocycles. The van der Waals surface area contributed by atoms with Crippen LogP contribution in [-0.4, -0.2) is 27.6 Å². The molecule has 1 aromatic carbocycles. The molecule has 0 bridgehead atoms. The van der Waals surface area contributed by atoms with Gasteiger partial charge in [0, 0.05) is 40.8 Å². The minimum absolute atomic E-state index is 0.214. The lowest BCUT2D eigenvalue weighted by molar-refractivity contribution is -0.117. The topological polar surface area (TPSA) is 64.8 Å². The van der Waals surface area contributed by atoms with Gasteiger partial charge in [0.2, 0.25) is 5.91 Å². The van der Waals surface area contributed by atoms with Crippen LogP contribution in [-0.2, 0) is 17.6 Å². The van der Waals surface area contributed by atoms with Crippen molar-refractivity contribution in [3.8, 4) is 11.4 Å². The fourth-order valence-corrected chi connectivity index (χ4v) is 4.01. The molecule has 2 N–H and O–H groups in total. The van der Waals surface area contributed by atoms with E-state index in [1.807, 2.05) is 11.0 Å². The third-order valence-corrected chi connectivity index (χ3v) is 5.26. The maximum Gasteiger partial charge on any atom is 0.227 e. The largest absolute Gasteiger partial charge is 0.353 e. The van der Waals surface area contributed by atoms with Crippen LogP contribution in [0.5, 0.6) is 0 Å². The molecule has 0 radical (unpaired) electrons. The van der Waals surface area contributed by atoms with Crippen LogP contribution < -0.4 is 4.90 Å². The third kappa shape index (κ3) is 3.38. The number of aromatic amines is 2. The summed E-state index contributed by atoms with van der Waals surface area (Å²) in [6, 6.07) is 8.36. The maximum absolute atomic E-state index is 12.0. The summed E-state index contributed by atoms with van der Waals surface area (Å²) in [4.78, 5) is 17.4. The number of benzene rings is 1. The molecule has 1 amide bonds. The Balaban J connectivity index is 1.71. The van der Waals surface area contributed by atoms with E-state index >= 15 is 0 Å². The summed E-state index contributed by atoms with van der Waals surface area (Å²) >= 11 is 0. The van der Waals surface area contributed by atoms with E-state index in [-0.39, 0.29) is 11.3 Å². The fraction of sp³-hybridized carbons (Fsp3) is 0.455. The van der Waals surface area contributed by atoms with Crippen molar-refractivity contribution in [3.63, 3.8) is 0 Å². The van der Waals surface area contributed by atoms with Gasteiger partial charge in [0.1, 0.15) is 5.69 Å². The van der Waals surface area contributed by atoms with E-state index in [0.29, 0.717) is 6.42 Å². The van der Waals surface area contributed by atoms with Crippen molar-refractivity contribution < 1.29 is 4.79 Å². The minimum atomic E-state index is 0.214. The highest BCUT2D eigenvalue weighted by Crippen LogP contribution is 2.32. The van der Waals surface area contributed by atoms with Crippen LogP contribution >= 0.6 is 0 Å². The van der Waals surface area contributed by atoms with Crippen molar-refractivity contribution >= 4 is 22.5 Å². The van der Waals surface area contributed by atoms with Crippen LogP contribution in [0, 0.1) is 5.41 Å². The van der Waals surface area contributed by atoms with Gasteiger partial charge in [-0.2, -0.15) is 5.10 Å². The van der Waals surface area contributed by atoms with E-state index in [2.05, 4.69) is 61.1 Å². The number of nitrogens with zero attached hydrogens (tertiary/aromatic N) is 2. The summed E-state index contributed by atoms with van der Waals surface area (Å²) in [5, 5.41) is 9.03. The highest BCUT2D eigenvalue weighted by Gasteiger charge is 2.23. The molecule has 3 aromatic rings. The summed E-state index contributed by atoms with van der Waals surface area (Å²) < 4.78 is 0. The highest BCUT2D eigenvalue weighted by atomic mass is 16.2. The second kappa shape index (κ2) is 6.55. The van der Waals surface area contributed by atoms with Gasteiger partial charge in [0.25, 0.3) is 0 Å². The number of nitrogens with one attached hydrogen (secondary N) is 2. The summed E-state index contributed by atoms with van der Waals surface area (Å²) in [7, 11) is 0. The fourth-order valence-electron chi connectivity index (χ4n) is 4.01. The number of H-pyrrole nitrogens is 2. The molecular formula is C22H28N4O. The normalized spacial score (nSPS) is 15.3. The number of aromatic nitrogens is 3. The van der Waals surface area contributed by atoms with Crippen LogP contribution in [0.3, 0.4) is 0 Å². The molecule has 1 saturated heterocycles. The summed E-state index contributed by atoms with van der Waals surface area (Å²) in [6.45, 7) is 9.73. The van der Waals surface area contributed by atoms with E-state index in [1.54, 1.807) is 0 Å². The molecule has 0 saturated carbocycles. The molecule has 0 unspecified atom stereocenters. The SMILES string of the molecule is CCc1c(-c2cc3ccc(N4CCCC4=O)cc3[nH]2)n[nH]c1CC(C)(C)C. The van der Waals surface area contributed by atoms with Crippen molar-refractivity contribution in [2.75, 3.05) is 11.4 Å². The summed E-state index contributed by atoms with van der Waals surface area (Å²) in [5.41, 5.74) is 6.78. The smallest absolute Gasteiger partial charge is 0.227 e. The molecule has 5 nitrogen and oxygen atoms in total. The minimum Gasteiger partial charge on any atom is -0.353 e. The lowest BCUT2D eigenvalue weighted by atomic mass is 9.88. The first-order valence-corrected chi connectivity index (χ1v) is 9.85. The van der Waals surface area contributed by atoms with E-state index in [1.165, 1.54) is 11.3 Å². The first-order chi connectivity index (χ1) is 12.9. The number of hydrogen-bond donors (Lipinski definition) is 2. The van der Waals surface area contributed by atoms with Crippen molar-refractivity contribution in [3.05, 3.63) is 35.5 Å². The maximum atomic E-state index is 12.0. The first kappa shape index (κ1) is 17.8. The lowest BCUT2D eigenvalue weighted by Crippen LogP contribution is -2.23. The molecule has 2 aromatic heterocycles. The quantitative estimate of drug-likeness (QED) is 0.696. The zero-order valence-electron chi connectivity index (χ0n) is 16.6. The van der Waals surface area contributed by atoms with Crippen molar-refractivity contribution in [1.29, 1.82) is 0 Å². The Kier molecular flexibility index (Phi) is 4.33. The first-order valence-electron chi connectivity index (χ1n) is 9.85. The van der Waals surface area contributed by atoms with Crippen LogP contribution in [0.1, 0.15) is 51.8 Å². The van der Waals surface area contributed by atoms with Crippen molar-refractivity contribution in [2.45, 2.75) is 53.4 Å². The molecule has 27 heavy (non-hydrogen) atoms. The molecule has 4 rings (SSSR count). The van der Waals surface area contributed by atoms with Gasteiger partial charge in [-0.15, -0.1) is 0 Å². The van der Waals surface area contributed by atoms with Crippen LogP contribution in [0.2, 0.25) is 0 Å². The molecule has 142 valence electrons. The van der Waals surface area contributed by atoms with E-state index in [0.717, 1.165) is 53.8 Å². The number of fused-ring (bicyclic) bond motifs is 1. The average Bonchev–Trinajstić information content (AvgIpc) is 3.29. The molecule has 5 heteroatoms. The van der Waals surface area contributed by atoms with E-state index in [9.17, 15) is 4.79 Å². The van der Waals surface area contributed by atoms with E-state index in [4.69, 9.17) is 0 Å². The van der Waals surface area contributed by atoms with Crippen molar-refractivity contribution in [1.82, 2.24) is 15.2 Å². The summed E-state index contributed by atoms with van der Waals surface area (Å²) in [6.07, 6.45) is 3.51. The van der Waals surface area contributed by atoms with Gasteiger partial charge in [-0.1, -0.05) is 33.8 Å². The molecule has 1 aliphatic rings. The zero-order valence-corrected chi connectivity index (χ0v) is 16.6. The average molecular weight is 364 g/mol. The van der Waals surface area contributed by atoms with Gasteiger partial charge >= 0.3 is 0 Å². The molecule has 0 atom stereocenters. The van der Waals surface area contributed by atoms with Gasteiger partial charge in [0.15, 0.2) is 0 Å². The van der Waals surface area contributed by atoms with Gasteiger partial charge in [-0.05, 0) is 42.9 Å². The Labute approximate surface area is 160 Å². The molecular weight excluding hydrogens is 336 g/mol. The Bertz CT molecular complexity index is 990. The summed E-state index contributed by atoms with van der Waals surface area (Å²) in [5.74, 6) is 0.216.